The number of ether oxygens (including phenoxy) is 9. The number of aliphatic carboxylic acids is 1. The Morgan fingerprint density at radius 1 is 0.594 bits per heavy atom. The first kappa shape index (κ1) is 78.9. The van der Waals surface area contributed by atoms with Crippen molar-refractivity contribution in [2.24, 2.45) is 10.2 Å². The number of benzene rings is 2. The second kappa shape index (κ2) is 44.9. The Kier molecular flexibility index (Phi) is 36.9. The number of nitrogens with zero attached hydrogens (tertiary/aromatic N) is 12. The Morgan fingerprint density at radius 3 is 1.40 bits per heavy atom. The van der Waals surface area contributed by atoms with Crippen LogP contribution in [0.3, 0.4) is 0 Å². The number of nitrogens with one attached hydrogen (secondary N) is 2. The van der Waals surface area contributed by atoms with Gasteiger partial charge in [-0.05, 0) is 128 Å². The van der Waals surface area contributed by atoms with Crippen molar-refractivity contribution in [1.29, 1.82) is 0 Å². The van der Waals surface area contributed by atoms with Crippen LogP contribution in [-0.2, 0) is 68.4 Å². The van der Waals surface area contributed by atoms with Crippen molar-refractivity contribution in [3.05, 3.63) is 127 Å². The van der Waals surface area contributed by atoms with Crippen LogP contribution in [0.1, 0.15) is 91.2 Å². The molecule has 0 saturated carbocycles. The van der Waals surface area contributed by atoms with E-state index in [4.69, 9.17) is 63.7 Å². The Bertz CT molecular complexity index is 3140. The zero-order valence-electron chi connectivity index (χ0n) is 55.0. The van der Waals surface area contributed by atoms with Gasteiger partial charge >= 0.3 is 42.9 Å². The van der Waals surface area contributed by atoms with E-state index in [-0.39, 0.29) is 107 Å². The normalized spacial score (nSPS) is 14.4. The number of pyridine rings is 2. The summed E-state index contributed by atoms with van der Waals surface area (Å²) < 4.78 is 78.6. The minimum atomic E-state index is -1.08. The maximum absolute atomic E-state index is 15.2. The molecule has 2 aromatic heterocycles. The number of urea groups is 2. The average Bonchev–Trinajstić information content (AvgIpc) is 1.61. The van der Waals surface area contributed by atoms with Gasteiger partial charge in [0.25, 0.3) is 0 Å². The van der Waals surface area contributed by atoms with Crippen molar-refractivity contribution in [1.82, 2.24) is 29.6 Å². The molecule has 4 N–H and O–H groups in total. The van der Waals surface area contributed by atoms with Gasteiger partial charge in [0.2, 0.25) is 0 Å². The first-order chi connectivity index (χ1) is 46.0. The van der Waals surface area contributed by atoms with E-state index in [0.717, 1.165) is 87.5 Å². The van der Waals surface area contributed by atoms with Crippen molar-refractivity contribution in [2.75, 3.05) is 175 Å². The van der Waals surface area contributed by atoms with Crippen molar-refractivity contribution in [3.63, 3.8) is 0 Å². The summed E-state index contributed by atoms with van der Waals surface area (Å²) in [6, 6.07) is 15.2. The summed E-state index contributed by atoms with van der Waals surface area (Å²) in [5.74, 6) is -0.816. The van der Waals surface area contributed by atoms with Crippen LogP contribution in [0.15, 0.2) is 70.9 Å². The van der Waals surface area contributed by atoms with Gasteiger partial charge < -0.3 is 83.4 Å². The Hall–Kier alpha value is -7.78. The maximum Gasteiger partial charge on any atom is 1.00 e. The summed E-state index contributed by atoms with van der Waals surface area (Å²) >= 11 is 0. The summed E-state index contributed by atoms with van der Waals surface area (Å²) in [6.45, 7) is 11.4. The number of aromatic nitrogens is 2. The van der Waals surface area contributed by atoms with Crippen LogP contribution >= 0.6 is 0 Å². The zero-order chi connectivity index (χ0) is 66.5. The van der Waals surface area contributed by atoms with E-state index in [2.05, 4.69) is 48.9 Å². The van der Waals surface area contributed by atoms with Gasteiger partial charge in [0.05, 0.1) is 111 Å². The molecule has 4 amide bonds. The third-order valence-electron chi connectivity index (χ3n) is 15.6. The van der Waals surface area contributed by atoms with Gasteiger partial charge in [-0.25, -0.2) is 28.3 Å². The number of hydrogen-bond acceptors (Lipinski definition) is 20. The molecule has 32 heteroatoms. The summed E-state index contributed by atoms with van der Waals surface area (Å²) in [6.07, 6.45) is 6.79. The Labute approximate surface area is 569 Å². The van der Waals surface area contributed by atoms with Gasteiger partial charge in [0.15, 0.2) is 23.1 Å². The van der Waals surface area contributed by atoms with Crippen LogP contribution < -0.4 is 39.0 Å². The summed E-state index contributed by atoms with van der Waals surface area (Å²) in [7, 11) is 0. The number of anilines is 2. The Balaban J connectivity index is 0.000000340. The monoisotopic (exact) mass is 1340 g/mol. The fraction of sp³-hybridized carbons (Fsp3) is 0.594. The first-order valence-electron chi connectivity index (χ1n) is 32.2. The molecule has 2 atom stereocenters. The molecular weight excluding hydrogens is 1250 g/mol. The van der Waals surface area contributed by atoms with Crippen LogP contribution in [-0.4, -0.2) is 229 Å². The third kappa shape index (κ3) is 26.7. The molecule has 4 aliphatic rings. The number of carbonyl (C=O) groups is 4. The van der Waals surface area contributed by atoms with Crippen LogP contribution in [0.4, 0.5) is 30.0 Å². The molecule has 6 heterocycles. The predicted molar refractivity (Wildman–Crippen MR) is 344 cm³/mol. The minimum absolute atomic E-state index is 0. The average molecular weight is 1340 g/mol. The van der Waals surface area contributed by atoms with Crippen molar-refractivity contribution < 1.29 is 100 Å². The Morgan fingerprint density at radius 2 is 1.00 bits per heavy atom. The van der Waals surface area contributed by atoms with E-state index in [1.165, 1.54) is 40.3 Å². The van der Waals surface area contributed by atoms with E-state index in [9.17, 15) is 28.7 Å². The number of carboxylic acids is 1. The maximum atomic E-state index is 15.2. The molecule has 2 aromatic carbocycles. The number of esters is 1. The van der Waals surface area contributed by atoms with E-state index < -0.39 is 35.7 Å². The fourth-order valence-corrected chi connectivity index (χ4v) is 11.0. The van der Waals surface area contributed by atoms with Gasteiger partial charge in [0.1, 0.15) is 24.8 Å². The van der Waals surface area contributed by atoms with Gasteiger partial charge in [-0.1, -0.05) is 34.5 Å². The van der Waals surface area contributed by atoms with Gasteiger partial charge in [-0.15, -0.1) is 0 Å². The molecule has 0 unspecified atom stereocenters. The summed E-state index contributed by atoms with van der Waals surface area (Å²) in [5.41, 5.74) is 21.7. The van der Waals surface area contributed by atoms with E-state index in [1.807, 2.05) is 6.07 Å². The van der Waals surface area contributed by atoms with Crippen molar-refractivity contribution in [3.8, 4) is 11.5 Å². The smallest absolute Gasteiger partial charge is 0.870 e. The zero-order valence-corrected chi connectivity index (χ0v) is 55.0. The first-order valence-corrected chi connectivity index (χ1v) is 32.2. The number of rotatable bonds is 43. The number of aryl methyl sites for hydroxylation is 4. The molecule has 0 bridgehead atoms. The molecule has 0 aliphatic carbocycles. The van der Waals surface area contributed by atoms with Gasteiger partial charge in [-0.3, -0.25) is 9.59 Å². The van der Waals surface area contributed by atoms with Crippen molar-refractivity contribution >= 4 is 35.6 Å². The number of azide groups is 2. The molecule has 8 rings (SSSR count). The quantitative estimate of drug-likeness (QED) is 0.0119. The van der Waals surface area contributed by atoms with Crippen LogP contribution in [0.25, 0.3) is 20.9 Å². The van der Waals surface area contributed by atoms with E-state index >= 15 is 4.39 Å². The number of amides is 4. The molecule has 29 nitrogen and oxygen atoms in total. The molecule has 2 fully saturated rings. The molecule has 2 saturated heterocycles. The number of carbonyl (C=O) groups excluding carboxylic acids is 3. The van der Waals surface area contributed by atoms with Crippen LogP contribution in [0, 0.1) is 11.6 Å². The van der Waals surface area contributed by atoms with Gasteiger partial charge in [-0.2, -0.15) is 0 Å². The summed E-state index contributed by atoms with van der Waals surface area (Å²) in [5, 5.41) is 23.0. The number of hydrogen-bond donors (Lipinski definition) is 3. The topological polar surface area (TPSA) is 362 Å². The van der Waals surface area contributed by atoms with Gasteiger partial charge in [0, 0.05) is 86.7 Å². The molecule has 0 spiro atoms. The third-order valence-corrected chi connectivity index (χ3v) is 15.6. The molecule has 4 aromatic rings. The molecular formula is C64H89F2LiN14O15. The van der Waals surface area contributed by atoms with E-state index in [0.29, 0.717) is 116 Å². The summed E-state index contributed by atoms with van der Waals surface area (Å²) in [4.78, 5) is 72.5. The second-order valence-corrected chi connectivity index (χ2v) is 22.1. The van der Waals surface area contributed by atoms with Crippen LogP contribution in [0.2, 0.25) is 0 Å². The standard InChI is InChI=1S/C33H46FN7O7.C31H42FN7O7.Li.H2O/c1-2-47-31(42)24-29(41-15-14-40(33(41)43)13-4-6-27-9-7-25-5-3-11-36-32(25)38-27)26-8-10-30(28(34)23-26)48-22-21-46-20-19-45-18-17-44-16-12-37-39-35;32-26-21-24(6-8-28(26)46-20-19-45-18-17-44-16-15-43-14-10-35-37-33)27(22-29(40)41)39-13-12-38(31(39)42)11-2-4-25-7-5-23-3-1-9-34-30(23)36-25;;/h7-10,23,29H,2-6,11-22,24H2,1H3,(H,36,38);5-8,21,27H,1-4,9-20,22H2,(H,34,36)(H,40,41);;1H2/q;;+1;/p-1/t29-;27-;;/m00../s1. The largest absolute Gasteiger partial charge is 1.00 e. The molecule has 4 aliphatic heterocycles. The molecule has 520 valence electrons. The fourth-order valence-electron chi connectivity index (χ4n) is 11.0. The SMILES string of the molecule is CCOC(=O)C[C@@H](c1ccc(OCCOCCOCCOCCN=[N+]=[N-])c(F)c1)N1CCN(CCCc2ccc3c(n2)NCCC3)C1=O.[Li+].[N-]=[N+]=NCCOCCOCCOCCOc1ccc([C@H](CC(=O)O)N2CCN(CCCc3ccc4c(n3)NCCC4)C2=O)cc1F.[OH-]. The number of fused-ring (bicyclic) bond motifs is 2. The molecule has 0 radical (unpaired) electrons. The predicted octanol–water partition coefficient (Wildman–Crippen LogP) is 5.71. The second-order valence-electron chi connectivity index (χ2n) is 22.1. The minimum Gasteiger partial charge on any atom is -0.870 e. The van der Waals surface area contributed by atoms with E-state index in [1.54, 1.807) is 33.8 Å². The molecule has 96 heavy (non-hydrogen) atoms. The number of halogens is 2. The van der Waals surface area contributed by atoms with Crippen molar-refractivity contribution in [2.45, 2.75) is 83.2 Å². The van der Waals surface area contributed by atoms with Crippen LogP contribution in [0.5, 0.6) is 11.5 Å². The number of carboxylic acid groups (broad SMARTS) is 1.